The quantitative estimate of drug-likeness (QED) is 0.683. The molecule has 132 valence electrons. The maximum Gasteiger partial charge on any atom is 0.255 e. The lowest BCUT2D eigenvalue weighted by atomic mass is 10.1. The number of carbonyl (C=O) groups excluding carboxylic acids is 1. The summed E-state index contributed by atoms with van der Waals surface area (Å²) in [5.41, 5.74) is 1.66. The lowest BCUT2D eigenvalue weighted by molar-refractivity contribution is 0.0729. The van der Waals surface area contributed by atoms with E-state index in [2.05, 4.69) is 15.1 Å². The highest BCUT2D eigenvalue weighted by atomic mass is 16.5. The van der Waals surface area contributed by atoms with Crippen molar-refractivity contribution in [2.75, 3.05) is 7.11 Å². The molecule has 0 N–H and O–H groups in total. The van der Waals surface area contributed by atoms with E-state index in [0.29, 0.717) is 24.0 Å². The minimum atomic E-state index is 0.000887. The van der Waals surface area contributed by atoms with Crippen LogP contribution in [0.4, 0.5) is 0 Å². The molecule has 2 aromatic heterocycles. The summed E-state index contributed by atoms with van der Waals surface area (Å²) in [6.45, 7) is 0.582. The van der Waals surface area contributed by atoms with Crippen LogP contribution in [0.15, 0.2) is 55.2 Å². The fraction of sp³-hybridized carbons (Fsp3) is 0.263. The highest BCUT2D eigenvalue weighted by Crippen LogP contribution is 2.30. The lowest BCUT2D eigenvalue weighted by Crippen LogP contribution is -2.32. The number of amides is 1. The van der Waals surface area contributed by atoms with E-state index >= 15 is 0 Å². The summed E-state index contributed by atoms with van der Waals surface area (Å²) < 4.78 is 6.75. The third-order valence-corrected chi connectivity index (χ3v) is 4.41. The van der Waals surface area contributed by atoms with Crippen LogP contribution in [0.2, 0.25) is 0 Å². The van der Waals surface area contributed by atoms with Crippen molar-refractivity contribution in [3.63, 3.8) is 0 Å². The third kappa shape index (κ3) is 3.42. The monoisotopic (exact) mass is 349 g/mol. The van der Waals surface area contributed by atoms with Crippen molar-refractivity contribution in [2.24, 2.45) is 0 Å². The molecule has 1 aliphatic rings. The summed E-state index contributed by atoms with van der Waals surface area (Å²) in [4.78, 5) is 23.1. The average molecular weight is 349 g/mol. The van der Waals surface area contributed by atoms with Crippen LogP contribution in [0.3, 0.4) is 0 Å². The van der Waals surface area contributed by atoms with Gasteiger partial charge in [-0.1, -0.05) is 12.1 Å². The molecule has 0 atom stereocenters. The summed E-state index contributed by atoms with van der Waals surface area (Å²) in [6, 6.07) is 11.7. The van der Waals surface area contributed by atoms with Crippen LogP contribution in [-0.4, -0.2) is 43.7 Å². The van der Waals surface area contributed by atoms with Gasteiger partial charge in [-0.2, -0.15) is 5.10 Å². The maximum absolute atomic E-state index is 13.0. The Balaban J connectivity index is 1.51. The molecule has 0 spiro atoms. The van der Waals surface area contributed by atoms with Crippen molar-refractivity contribution in [1.82, 2.24) is 24.6 Å². The van der Waals surface area contributed by atoms with Crippen molar-refractivity contribution in [3.05, 3.63) is 66.4 Å². The first-order chi connectivity index (χ1) is 12.7. The Bertz CT molecular complexity index is 871. The number of hydrogen-bond acceptors (Lipinski definition) is 5. The Hall–Kier alpha value is -3.22. The molecule has 0 unspecified atom stereocenters. The smallest absolute Gasteiger partial charge is 0.255 e. The number of carbonyl (C=O) groups is 1. The van der Waals surface area contributed by atoms with Gasteiger partial charge < -0.3 is 9.64 Å². The van der Waals surface area contributed by atoms with E-state index in [1.165, 1.54) is 6.33 Å². The standard InChI is InChI=1S/C19H19N5O2/c1-26-17-7-2-14(3-8-17)11-23(16-5-6-16)19(25)15-4-9-18(21-10-15)24-13-20-12-22-24/h2-4,7-10,12-13,16H,5-6,11H2,1H3. The van der Waals surface area contributed by atoms with Crippen LogP contribution in [-0.2, 0) is 6.54 Å². The van der Waals surface area contributed by atoms with E-state index in [1.54, 1.807) is 36.4 Å². The molecular weight excluding hydrogens is 330 g/mol. The number of nitrogens with zero attached hydrogens (tertiary/aromatic N) is 5. The highest BCUT2D eigenvalue weighted by Gasteiger charge is 2.33. The second-order valence-corrected chi connectivity index (χ2v) is 6.26. The zero-order chi connectivity index (χ0) is 17.9. The molecular formula is C19H19N5O2. The third-order valence-electron chi connectivity index (χ3n) is 4.41. The van der Waals surface area contributed by atoms with Gasteiger partial charge >= 0.3 is 0 Å². The molecule has 1 fully saturated rings. The van der Waals surface area contributed by atoms with Crippen LogP contribution in [0, 0.1) is 0 Å². The minimum Gasteiger partial charge on any atom is -0.497 e. The van der Waals surface area contributed by atoms with Gasteiger partial charge in [0.1, 0.15) is 18.4 Å². The maximum atomic E-state index is 13.0. The van der Waals surface area contributed by atoms with Gasteiger partial charge in [-0.25, -0.2) is 14.6 Å². The first-order valence-electron chi connectivity index (χ1n) is 8.49. The van der Waals surface area contributed by atoms with Gasteiger partial charge in [0, 0.05) is 18.8 Å². The van der Waals surface area contributed by atoms with Crippen molar-refractivity contribution in [2.45, 2.75) is 25.4 Å². The van der Waals surface area contributed by atoms with Gasteiger partial charge in [-0.3, -0.25) is 4.79 Å². The number of rotatable bonds is 6. The first-order valence-corrected chi connectivity index (χ1v) is 8.49. The van der Waals surface area contributed by atoms with E-state index in [-0.39, 0.29) is 5.91 Å². The Morgan fingerprint density at radius 1 is 1.23 bits per heavy atom. The second-order valence-electron chi connectivity index (χ2n) is 6.26. The number of aromatic nitrogens is 4. The molecule has 0 aliphatic heterocycles. The number of pyridine rings is 1. The van der Waals surface area contributed by atoms with Gasteiger partial charge in [-0.15, -0.1) is 0 Å². The topological polar surface area (TPSA) is 73.1 Å². The van der Waals surface area contributed by atoms with Gasteiger partial charge in [0.15, 0.2) is 5.82 Å². The number of benzene rings is 1. The molecule has 1 saturated carbocycles. The number of methoxy groups -OCH3 is 1. The highest BCUT2D eigenvalue weighted by molar-refractivity contribution is 5.94. The molecule has 7 heteroatoms. The normalized spacial score (nSPS) is 13.4. The molecule has 26 heavy (non-hydrogen) atoms. The predicted molar refractivity (Wildman–Crippen MR) is 95.0 cm³/mol. The number of hydrogen-bond donors (Lipinski definition) is 0. The molecule has 2 heterocycles. The fourth-order valence-corrected chi connectivity index (χ4v) is 2.82. The minimum absolute atomic E-state index is 0.000887. The molecule has 4 rings (SSSR count). The zero-order valence-corrected chi connectivity index (χ0v) is 14.4. The molecule has 0 saturated heterocycles. The Kier molecular flexibility index (Phi) is 4.35. The largest absolute Gasteiger partial charge is 0.497 e. The number of ether oxygens (including phenoxy) is 1. The van der Waals surface area contributed by atoms with E-state index in [0.717, 1.165) is 24.2 Å². The summed E-state index contributed by atoms with van der Waals surface area (Å²) in [5.74, 6) is 1.44. The van der Waals surface area contributed by atoms with Crippen molar-refractivity contribution in [3.8, 4) is 11.6 Å². The first kappa shape index (κ1) is 16.3. The Labute approximate surface area is 151 Å². The molecule has 0 radical (unpaired) electrons. The summed E-state index contributed by atoms with van der Waals surface area (Å²) in [5, 5.41) is 4.04. The Morgan fingerprint density at radius 2 is 2.04 bits per heavy atom. The van der Waals surface area contributed by atoms with E-state index < -0.39 is 0 Å². The molecule has 7 nitrogen and oxygen atoms in total. The Morgan fingerprint density at radius 3 is 2.62 bits per heavy atom. The molecule has 0 bridgehead atoms. The predicted octanol–water partition coefficient (Wildman–Crippen LogP) is 2.48. The summed E-state index contributed by atoms with van der Waals surface area (Å²) in [7, 11) is 1.64. The second kappa shape index (κ2) is 6.95. The summed E-state index contributed by atoms with van der Waals surface area (Å²) in [6.07, 6.45) is 6.72. The van der Waals surface area contributed by atoms with Gasteiger partial charge in [0.25, 0.3) is 5.91 Å². The molecule has 3 aromatic rings. The van der Waals surface area contributed by atoms with Gasteiger partial charge in [0.05, 0.1) is 12.7 Å². The van der Waals surface area contributed by atoms with Crippen LogP contribution < -0.4 is 4.74 Å². The lowest BCUT2D eigenvalue weighted by Gasteiger charge is -2.22. The molecule has 1 aromatic carbocycles. The molecule has 1 amide bonds. The van der Waals surface area contributed by atoms with Gasteiger partial charge in [0.2, 0.25) is 0 Å². The van der Waals surface area contributed by atoms with Crippen molar-refractivity contribution in [1.29, 1.82) is 0 Å². The van der Waals surface area contributed by atoms with Crippen LogP contribution in [0.5, 0.6) is 5.75 Å². The SMILES string of the molecule is COc1ccc(CN(C(=O)c2ccc(-n3cncn3)nc2)C2CC2)cc1. The van der Waals surface area contributed by atoms with Crippen LogP contribution >= 0.6 is 0 Å². The van der Waals surface area contributed by atoms with Crippen LogP contribution in [0.25, 0.3) is 5.82 Å². The van der Waals surface area contributed by atoms with Crippen molar-refractivity contribution < 1.29 is 9.53 Å². The van der Waals surface area contributed by atoms with E-state index in [4.69, 9.17) is 4.74 Å². The zero-order valence-electron chi connectivity index (χ0n) is 14.4. The average Bonchev–Trinajstić information content (AvgIpc) is 3.39. The van der Waals surface area contributed by atoms with Crippen LogP contribution in [0.1, 0.15) is 28.8 Å². The summed E-state index contributed by atoms with van der Waals surface area (Å²) >= 11 is 0. The fourth-order valence-electron chi connectivity index (χ4n) is 2.82. The van der Waals surface area contributed by atoms with Gasteiger partial charge in [-0.05, 0) is 42.7 Å². The van der Waals surface area contributed by atoms with E-state index in [9.17, 15) is 4.79 Å². The molecule has 1 aliphatic carbocycles. The van der Waals surface area contributed by atoms with E-state index in [1.807, 2.05) is 29.2 Å². The van der Waals surface area contributed by atoms with Crippen molar-refractivity contribution >= 4 is 5.91 Å².